The SMILES string of the molecule is COc1ccc(Cn2c(CN3CCC(C(=O)Nc4ccccc4Cl)CC3)nc3ccccc32)cc1. The number of carbonyl (C=O) groups excluding carboxylic acids is 1. The van der Waals surface area contributed by atoms with Gasteiger partial charge in [0.15, 0.2) is 0 Å². The first-order valence-electron chi connectivity index (χ1n) is 12.0. The summed E-state index contributed by atoms with van der Waals surface area (Å²) in [6.45, 7) is 3.21. The number of likely N-dealkylation sites (tertiary alicyclic amines) is 1. The molecule has 1 saturated heterocycles. The fourth-order valence-corrected chi connectivity index (χ4v) is 4.87. The van der Waals surface area contributed by atoms with E-state index in [4.69, 9.17) is 21.3 Å². The number of aromatic nitrogens is 2. The average Bonchev–Trinajstić information content (AvgIpc) is 3.23. The molecule has 0 saturated carbocycles. The van der Waals surface area contributed by atoms with E-state index in [0.29, 0.717) is 10.7 Å². The maximum absolute atomic E-state index is 12.8. The Labute approximate surface area is 210 Å². The van der Waals surface area contributed by atoms with Gasteiger partial charge in [0.1, 0.15) is 11.6 Å². The summed E-state index contributed by atoms with van der Waals surface area (Å²) in [5.74, 6) is 1.93. The van der Waals surface area contributed by atoms with Crippen LogP contribution in [0.4, 0.5) is 5.69 Å². The molecular formula is C28H29ClN4O2. The molecule has 35 heavy (non-hydrogen) atoms. The second kappa shape index (κ2) is 10.5. The third-order valence-electron chi connectivity index (χ3n) is 6.69. The molecule has 1 amide bonds. The van der Waals surface area contributed by atoms with Gasteiger partial charge in [0.05, 0.1) is 35.4 Å². The number of benzene rings is 3. The van der Waals surface area contributed by atoms with E-state index >= 15 is 0 Å². The number of hydrogen-bond donors (Lipinski definition) is 1. The first kappa shape index (κ1) is 23.4. The Morgan fingerprint density at radius 1 is 1.00 bits per heavy atom. The summed E-state index contributed by atoms with van der Waals surface area (Å²) < 4.78 is 7.60. The van der Waals surface area contributed by atoms with Gasteiger partial charge in [-0.1, -0.05) is 48.0 Å². The molecule has 4 aromatic rings. The van der Waals surface area contributed by atoms with Gasteiger partial charge in [-0.3, -0.25) is 9.69 Å². The maximum atomic E-state index is 12.8. The van der Waals surface area contributed by atoms with Gasteiger partial charge in [-0.2, -0.15) is 0 Å². The molecule has 0 aliphatic carbocycles. The Morgan fingerprint density at radius 2 is 1.71 bits per heavy atom. The highest BCUT2D eigenvalue weighted by atomic mass is 35.5. The van der Waals surface area contributed by atoms with E-state index < -0.39 is 0 Å². The van der Waals surface area contributed by atoms with Crippen molar-refractivity contribution in [3.63, 3.8) is 0 Å². The number of piperidine rings is 1. The highest BCUT2D eigenvalue weighted by Gasteiger charge is 2.26. The van der Waals surface area contributed by atoms with Crippen molar-refractivity contribution in [2.45, 2.75) is 25.9 Å². The lowest BCUT2D eigenvalue weighted by Gasteiger charge is -2.31. The molecule has 5 rings (SSSR count). The Morgan fingerprint density at radius 3 is 2.46 bits per heavy atom. The summed E-state index contributed by atoms with van der Waals surface area (Å²) in [6.07, 6.45) is 1.63. The molecule has 1 N–H and O–H groups in total. The largest absolute Gasteiger partial charge is 0.497 e. The number of rotatable bonds is 7. The summed E-state index contributed by atoms with van der Waals surface area (Å²) in [5.41, 5.74) is 4.01. The van der Waals surface area contributed by atoms with E-state index in [2.05, 4.69) is 45.1 Å². The number of nitrogens with one attached hydrogen (secondary N) is 1. The zero-order chi connectivity index (χ0) is 24.2. The third-order valence-corrected chi connectivity index (χ3v) is 7.02. The molecule has 0 bridgehead atoms. The molecule has 6 nitrogen and oxygen atoms in total. The molecule has 1 aromatic heterocycles. The number of amides is 1. The van der Waals surface area contributed by atoms with Crippen molar-refractivity contribution < 1.29 is 9.53 Å². The number of imidazole rings is 1. The fourth-order valence-electron chi connectivity index (χ4n) is 4.69. The van der Waals surface area contributed by atoms with E-state index in [9.17, 15) is 4.79 Å². The molecular weight excluding hydrogens is 460 g/mol. The predicted octanol–water partition coefficient (Wildman–Crippen LogP) is 5.60. The number of para-hydroxylation sites is 3. The fraction of sp³-hybridized carbons (Fsp3) is 0.286. The third kappa shape index (κ3) is 5.34. The highest BCUT2D eigenvalue weighted by molar-refractivity contribution is 6.33. The zero-order valence-electron chi connectivity index (χ0n) is 19.8. The number of anilines is 1. The maximum Gasteiger partial charge on any atom is 0.227 e. The van der Waals surface area contributed by atoms with Crippen LogP contribution >= 0.6 is 11.6 Å². The van der Waals surface area contributed by atoms with Crippen molar-refractivity contribution in [3.8, 4) is 5.75 Å². The van der Waals surface area contributed by atoms with Gasteiger partial charge in [0.25, 0.3) is 0 Å². The van der Waals surface area contributed by atoms with Gasteiger partial charge >= 0.3 is 0 Å². The van der Waals surface area contributed by atoms with Crippen LogP contribution in [-0.2, 0) is 17.9 Å². The predicted molar refractivity (Wildman–Crippen MR) is 140 cm³/mol. The van der Waals surface area contributed by atoms with Crippen molar-refractivity contribution >= 4 is 34.2 Å². The van der Waals surface area contributed by atoms with E-state index in [0.717, 1.165) is 61.6 Å². The normalized spacial score (nSPS) is 14.8. The highest BCUT2D eigenvalue weighted by Crippen LogP contribution is 2.26. The summed E-state index contributed by atoms with van der Waals surface area (Å²) in [5, 5.41) is 3.56. The van der Waals surface area contributed by atoms with Crippen molar-refractivity contribution in [1.29, 1.82) is 0 Å². The van der Waals surface area contributed by atoms with Crippen LogP contribution < -0.4 is 10.1 Å². The molecule has 180 valence electrons. The Kier molecular flexibility index (Phi) is 7.02. The monoisotopic (exact) mass is 488 g/mol. The van der Waals surface area contributed by atoms with Crippen molar-refractivity contribution in [1.82, 2.24) is 14.5 Å². The standard InChI is InChI=1S/C28H29ClN4O2/c1-35-22-12-10-20(11-13-22)18-33-26-9-5-4-8-25(26)30-27(33)19-32-16-14-21(15-17-32)28(34)31-24-7-3-2-6-23(24)29/h2-13,21H,14-19H2,1H3,(H,31,34). The molecule has 3 aromatic carbocycles. The van der Waals surface area contributed by atoms with Crippen molar-refractivity contribution in [3.05, 3.63) is 89.2 Å². The van der Waals surface area contributed by atoms with Crippen LogP contribution in [0.15, 0.2) is 72.8 Å². The van der Waals surface area contributed by atoms with Gasteiger partial charge in [0, 0.05) is 12.5 Å². The Balaban J connectivity index is 1.26. The van der Waals surface area contributed by atoms with Crippen LogP contribution in [0, 0.1) is 5.92 Å². The summed E-state index contributed by atoms with van der Waals surface area (Å²) in [4.78, 5) is 20.1. The molecule has 7 heteroatoms. The minimum absolute atomic E-state index is 0.0133. The van der Waals surface area contributed by atoms with Crippen LogP contribution in [0.1, 0.15) is 24.2 Å². The van der Waals surface area contributed by atoms with Crippen molar-refractivity contribution in [2.75, 3.05) is 25.5 Å². The van der Waals surface area contributed by atoms with Gasteiger partial charge in [0.2, 0.25) is 5.91 Å². The first-order chi connectivity index (χ1) is 17.1. The van der Waals surface area contributed by atoms with Gasteiger partial charge in [-0.05, 0) is 67.9 Å². The molecule has 1 fully saturated rings. The molecule has 0 spiro atoms. The lowest BCUT2D eigenvalue weighted by atomic mass is 9.96. The molecule has 0 radical (unpaired) electrons. The summed E-state index contributed by atoms with van der Waals surface area (Å²) in [7, 11) is 1.68. The minimum atomic E-state index is -0.0133. The summed E-state index contributed by atoms with van der Waals surface area (Å²) >= 11 is 6.20. The van der Waals surface area contributed by atoms with Crippen LogP contribution in [0.2, 0.25) is 5.02 Å². The van der Waals surface area contributed by atoms with Crippen LogP contribution in [0.3, 0.4) is 0 Å². The van der Waals surface area contributed by atoms with E-state index in [1.54, 1.807) is 13.2 Å². The lowest BCUT2D eigenvalue weighted by Crippen LogP contribution is -2.38. The second-order valence-corrected chi connectivity index (χ2v) is 9.38. The number of halogens is 1. The number of nitrogens with zero attached hydrogens (tertiary/aromatic N) is 3. The van der Waals surface area contributed by atoms with E-state index in [-0.39, 0.29) is 11.8 Å². The van der Waals surface area contributed by atoms with Crippen LogP contribution in [-0.4, -0.2) is 40.6 Å². The van der Waals surface area contributed by atoms with E-state index in [1.165, 1.54) is 5.56 Å². The average molecular weight is 489 g/mol. The topological polar surface area (TPSA) is 59.4 Å². The lowest BCUT2D eigenvalue weighted by molar-refractivity contribution is -0.121. The van der Waals surface area contributed by atoms with Gasteiger partial charge in [-0.25, -0.2) is 4.98 Å². The zero-order valence-corrected chi connectivity index (χ0v) is 20.5. The van der Waals surface area contributed by atoms with Gasteiger partial charge in [-0.15, -0.1) is 0 Å². The Bertz CT molecular complexity index is 1310. The number of hydrogen-bond acceptors (Lipinski definition) is 4. The number of carbonyl (C=O) groups is 1. The first-order valence-corrected chi connectivity index (χ1v) is 12.3. The second-order valence-electron chi connectivity index (χ2n) is 8.97. The minimum Gasteiger partial charge on any atom is -0.497 e. The number of ether oxygens (including phenoxy) is 1. The number of methoxy groups -OCH3 is 1. The molecule has 1 aliphatic heterocycles. The quantitative estimate of drug-likeness (QED) is 0.368. The van der Waals surface area contributed by atoms with Gasteiger partial charge < -0.3 is 14.6 Å². The molecule has 2 heterocycles. The molecule has 0 unspecified atom stereocenters. The smallest absolute Gasteiger partial charge is 0.227 e. The van der Waals surface area contributed by atoms with Crippen LogP contribution in [0.25, 0.3) is 11.0 Å². The van der Waals surface area contributed by atoms with E-state index in [1.807, 2.05) is 36.4 Å². The number of fused-ring (bicyclic) bond motifs is 1. The Hall–Kier alpha value is -3.35. The summed E-state index contributed by atoms with van der Waals surface area (Å²) in [6, 6.07) is 23.8. The molecule has 1 aliphatic rings. The molecule has 0 atom stereocenters. The van der Waals surface area contributed by atoms with Crippen LogP contribution in [0.5, 0.6) is 5.75 Å². The van der Waals surface area contributed by atoms with Crippen molar-refractivity contribution in [2.24, 2.45) is 5.92 Å².